The van der Waals surface area contributed by atoms with Crippen molar-refractivity contribution in [3.05, 3.63) is 27.7 Å². The first-order chi connectivity index (χ1) is 6.60. The number of ether oxygens (including phenoxy) is 1. The van der Waals surface area contributed by atoms with E-state index in [0.29, 0.717) is 27.8 Å². The summed E-state index contributed by atoms with van der Waals surface area (Å²) in [6.45, 7) is 1.87. The van der Waals surface area contributed by atoms with Crippen molar-refractivity contribution in [2.45, 2.75) is 19.4 Å². The van der Waals surface area contributed by atoms with E-state index in [9.17, 15) is 5.11 Å². The van der Waals surface area contributed by atoms with E-state index in [4.69, 9.17) is 27.9 Å². The summed E-state index contributed by atoms with van der Waals surface area (Å²) in [5.41, 5.74) is 0.632. The molecule has 0 amide bonds. The summed E-state index contributed by atoms with van der Waals surface area (Å²) in [6, 6.07) is 3.26. The third-order valence-electron chi connectivity index (χ3n) is 1.99. The number of hydrogen-bond donors (Lipinski definition) is 1. The van der Waals surface area contributed by atoms with E-state index in [0.717, 1.165) is 0 Å². The van der Waals surface area contributed by atoms with Crippen LogP contribution in [0.25, 0.3) is 0 Å². The predicted molar refractivity (Wildman–Crippen MR) is 58.3 cm³/mol. The Balaban J connectivity index is 3.24. The molecule has 0 spiro atoms. The number of methoxy groups -OCH3 is 1. The van der Waals surface area contributed by atoms with Crippen molar-refractivity contribution >= 4 is 23.2 Å². The van der Waals surface area contributed by atoms with Crippen molar-refractivity contribution in [3.8, 4) is 5.75 Å². The van der Waals surface area contributed by atoms with Crippen molar-refractivity contribution in [1.82, 2.24) is 0 Å². The first-order valence-corrected chi connectivity index (χ1v) is 5.06. The zero-order valence-corrected chi connectivity index (χ0v) is 9.56. The van der Waals surface area contributed by atoms with Gasteiger partial charge >= 0.3 is 0 Å². The molecule has 0 aliphatic rings. The van der Waals surface area contributed by atoms with Crippen LogP contribution in [0.4, 0.5) is 0 Å². The topological polar surface area (TPSA) is 29.5 Å². The predicted octanol–water partition coefficient (Wildman–Crippen LogP) is 3.45. The summed E-state index contributed by atoms with van der Waals surface area (Å²) in [4.78, 5) is 0. The smallest absolute Gasteiger partial charge is 0.143 e. The average molecular weight is 235 g/mol. The highest BCUT2D eigenvalue weighted by Gasteiger charge is 2.15. The van der Waals surface area contributed by atoms with Crippen LogP contribution in [0, 0.1) is 0 Å². The molecule has 0 bridgehead atoms. The van der Waals surface area contributed by atoms with E-state index in [1.165, 1.54) is 7.11 Å². The van der Waals surface area contributed by atoms with E-state index in [1.807, 2.05) is 6.92 Å². The molecule has 0 radical (unpaired) electrons. The largest absolute Gasteiger partial charge is 0.495 e. The quantitative estimate of drug-likeness (QED) is 0.869. The molecular weight excluding hydrogens is 223 g/mol. The zero-order valence-electron chi connectivity index (χ0n) is 8.05. The van der Waals surface area contributed by atoms with E-state index in [-0.39, 0.29) is 0 Å². The molecule has 0 fully saturated rings. The molecule has 2 nitrogen and oxygen atoms in total. The average Bonchev–Trinajstić information content (AvgIpc) is 2.15. The first kappa shape index (κ1) is 11.6. The molecule has 4 heteroatoms. The number of aliphatic hydroxyl groups excluding tert-OH is 1. The molecular formula is C10H12Cl2O2. The lowest BCUT2D eigenvalue weighted by Crippen LogP contribution is -1.99. The molecule has 0 aliphatic heterocycles. The van der Waals surface area contributed by atoms with Gasteiger partial charge in [0.05, 0.1) is 18.2 Å². The van der Waals surface area contributed by atoms with Gasteiger partial charge in [0.15, 0.2) is 0 Å². The minimum atomic E-state index is -0.596. The van der Waals surface area contributed by atoms with Gasteiger partial charge in [-0.05, 0) is 18.6 Å². The van der Waals surface area contributed by atoms with Gasteiger partial charge in [-0.1, -0.05) is 30.1 Å². The third kappa shape index (κ3) is 2.32. The second-order valence-electron chi connectivity index (χ2n) is 2.93. The molecule has 78 valence electrons. The highest BCUT2D eigenvalue weighted by atomic mass is 35.5. The van der Waals surface area contributed by atoms with Crippen LogP contribution in [0.15, 0.2) is 12.1 Å². The molecule has 1 rings (SSSR count). The monoisotopic (exact) mass is 234 g/mol. The van der Waals surface area contributed by atoms with Crippen LogP contribution in [0.2, 0.25) is 10.0 Å². The summed E-state index contributed by atoms with van der Waals surface area (Å²) in [5, 5.41) is 10.6. The number of rotatable bonds is 3. The van der Waals surface area contributed by atoms with Crippen LogP contribution in [-0.2, 0) is 0 Å². The van der Waals surface area contributed by atoms with Gasteiger partial charge < -0.3 is 9.84 Å². The molecule has 0 saturated carbocycles. The van der Waals surface area contributed by atoms with Gasteiger partial charge in [-0.25, -0.2) is 0 Å². The number of halogens is 2. The highest BCUT2D eigenvalue weighted by molar-refractivity contribution is 6.35. The fourth-order valence-corrected chi connectivity index (χ4v) is 1.85. The van der Waals surface area contributed by atoms with E-state index >= 15 is 0 Å². The van der Waals surface area contributed by atoms with Gasteiger partial charge in [-0.15, -0.1) is 0 Å². The second kappa shape index (κ2) is 4.87. The van der Waals surface area contributed by atoms with E-state index < -0.39 is 6.10 Å². The highest BCUT2D eigenvalue weighted by Crippen LogP contribution is 2.36. The maximum Gasteiger partial charge on any atom is 0.143 e. The van der Waals surface area contributed by atoms with Gasteiger partial charge in [0.25, 0.3) is 0 Å². The van der Waals surface area contributed by atoms with Crippen LogP contribution < -0.4 is 4.74 Å². The summed E-state index contributed by atoms with van der Waals surface area (Å²) in [5.74, 6) is 0.491. The number of hydrogen-bond acceptors (Lipinski definition) is 2. The lowest BCUT2D eigenvalue weighted by atomic mass is 10.1. The molecule has 1 aromatic carbocycles. The molecule has 1 aromatic rings. The van der Waals surface area contributed by atoms with Crippen LogP contribution in [-0.4, -0.2) is 12.2 Å². The van der Waals surface area contributed by atoms with Crippen molar-refractivity contribution < 1.29 is 9.84 Å². The fraction of sp³-hybridized carbons (Fsp3) is 0.400. The standard InChI is InChI=1S/C10H12Cl2O2/c1-3-9(13)7-4-6(11)5-8(12)10(7)14-2/h4-5,9,13H,3H2,1-2H3. The number of aliphatic hydroxyl groups is 1. The molecule has 14 heavy (non-hydrogen) atoms. The Kier molecular flexibility index (Phi) is 4.05. The first-order valence-electron chi connectivity index (χ1n) is 4.31. The van der Waals surface area contributed by atoms with Crippen LogP contribution in [0.5, 0.6) is 5.75 Å². The Morgan fingerprint density at radius 2 is 2.07 bits per heavy atom. The van der Waals surface area contributed by atoms with Crippen LogP contribution >= 0.6 is 23.2 Å². The third-order valence-corrected chi connectivity index (χ3v) is 2.49. The van der Waals surface area contributed by atoms with Crippen molar-refractivity contribution in [2.24, 2.45) is 0 Å². The molecule has 0 heterocycles. The lowest BCUT2D eigenvalue weighted by Gasteiger charge is -2.14. The van der Waals surface area contributed by atoms with Crippen LogP contribution in [0.1, 0.15) is 25.0 Å². The van der Waals surface area contributed by atoms with Gasteiger partial charge in [0.2, 0.25) is 0 Å². The molecule has 1 unspecified atom stereocenters. The SMILES string of the molecule is CCC(O)c1cc(Cl)cc(Cl)c1OC. The summed E-state index contributed by atoms with van der Waals surface area (Å²) < 4.78 is 5.10. The van der Waals surface area contributed by atoms with Gasteiger partial charge in [0, 0.05) is 10.6 Å². The van der Waals surface area contributed by atoms with Crippen molar-refractivity contribution in [1.29, 1.82) is 0 Å². The lowest BCUT2D eigenvalue weighted by molar-refractivity contribution is 0.169. The number of benzene rings is 1. The Hall–Kier alpha value is -0.440. The zero-order chi connectivity index (χ0) is 10.7. The van der Waals surface area contributed by atoms with Crippen molar-refractivity contribution in [2.75, 3.05) is 7.11 Å². The van der Waals surface area contributed by atoms with Gasteiger partial charge in [0.1, 0.15) is 5.75 Å². The van der Waals surface area contributed by atoms with E-state index in [2.05, 4.69) is 0 Å². The van der Waals surface area contributed by atoms with Crippen molar-refractivity contribution in [3.63, 3.8) is 0 Å². The summed E-state index contributed by atoms with van der Waals surface area (Å²) in [7, 11) is 1.51. The molecule has 1 N–H and O–H groups in total. The Morgan fingerprint density at radius 3 is 2.57 bits per heavy atom. The van der Waals surface area contributed by atoms with Gasteiger partial charge in [-0.2, -0.15) is 0 Å². The van der Waals surface area contributed by atoms with Crippen LogP contribution in [0.3, 0.4) is 0 Å². The van der Waals surface area contributed by atoms with E-state index in [1.54, 1.807) is 12.1 Å². The maximum absolute atomic E-state index is 9.69. The Morgan fingerprint density at radius 1 is 1.43 bits per heavy atom. The normalized spacial score (nSPS) is 12.6. The summed E-state index contributed by atoms with van der Waals surface area (Å²) >= 11 is 11.7. The molecule has 0 aromatic heterocycles. The fourth-order valence-electron chi connectivity index (χ4n) is 1.26. The molecule has 0 aliphatic carbocycles. The second-order valence-corrected chi connectivity index (χ2v) is 3.78. The molecule has 0 saturated heterocycles. The van der Waals surface area contributed by atoms with Gasteiger partial charge in [-0.3, -0.25) is 0 Å². The molecule has 1 atom stereocenters. The minimum absolute atomic E-state index is 0.419. The Bertz CT molecular complexity index is 326. The maximum atomic E-state index is 9.69. The minimum Gasteiger partial charge on any atom is -0.495 e. The Labute approximate surface area is 93.4 Å². The summed E-state index contributed by atoms with van der Waals surface area (Å²) in [6.07, 6.45) is -0.00585.